The maximum atomic E-state index is 13.1. The fourth-order valence-corrected chi connectivity index (χ4v) is 4.47. The highest BCUT2D eigenvalue weighted by Gasteiger charge is 2.39. The van der Waals surface area contributed by atoms with E-state index in [1.165, 1.54) is 17.4 Å². The van der Waals surface area contributed by atoms with Crippen LogP contribution in [0.4, 0.5) is 5.82 Å². The number of rotatable bonds is 5. The second-order valence-corrected chi connectivity index (χ2v) is 8.18. The standard InChI is InChI=1S/C22H23N5O3/c1-3-12-8-14(9-15-10-26(21(28)17(12)15)11(2)13-4-5-13)16-6-7-27-20(24-16)18(22(29)30)19(23)25-27/h6-9,11,13H,3-5,10H2,1-2H3,(H2,23,25)(H,29,30)/t11-/m0/s1. The molecular formula is C22H23N5O3. The van der Waals surface area contributed by atoms with Crippen molar-refractivity contribution in [3.63, 3.8) is 0 Å². The number of carboxylic acid groups (broad SMARTS) is 1. The third kappa shape index (κ3) is 2.74. The predicted molar refractivity (Wildman–Crippen MR) is 111 cm³/mol. The Hall–Kier alpha value is -3.42. The van der Waals surface area contributed by atoms with E-state index in [4.69, 9.17) is 5.73 Å². The number of carbonyl (C=O) groups is 2. The number of hydrogen-bond donors (Lipinski definition) is 2. The van der Waals surface area contributed by atoms with E-state index in [-0.39, 0.29) is 29.0 Å². The van der Waals surface area contributed by atoms with E-state index >= 15 is 0 Å². The quantitative estimate of drug-likeness (QED) is 0.674. The van der Waals surface area contributed by atoms with E-state index in [0.29, 0.717) is 18.2 Å². The van der Waals surface area contributed by atoms with Gasteiger partial charge in [-0.05, 0) is 61.4 Å². The Morgan fingerprint density at radius 1 is 1.37 bits per heavy atom. The van der Waals surface area contributed by atoms with Crippen LogP contribution in [0.15, 0.2) is 24.4 Å². The number of nitrogen functional groups attached to an aromatic ring is 1. The van der Waals surface area contributed by atoms with Crippen LogP contribution in [0.3, 0.4) is 0 Å². The lowest BCUT2D eigenvalue weighted by Crippen LogP contribution is -2.34. The molecule has 1 aliphatic carbocycles. The summed E-state index contributed by atoms with van der Waals surface area (Å²) in [5.41, 5.74) is 10.2. The topological polar surface area (TPSA) is 114 Å². The van der Waals surface area contributed by atoms with Crippen molar-refractivity contribution in [1.29, 1.82) is 0 Å². The van der Waals surface area contributed by atoms with Crippen LogP contribution >= 0.6 is 0 Å². The molecule has 3 heterocycles. The average molecular weight is 405 g/mol. The van der Waals surface area contributed by atoms with E-state index in [1.54, 1.807) is 12.3 Å². The largest absolute Gasteiger partial charge is 0.477 e. The summed E-state index contributed by atoms with van der Waals surface area (Å²) < 4.78 is 1.37. The molecule has 2 aromatic heterocycles. The van der Waals surface area contributed by atoms with Crippen molar-refractivity contribution in [3.05, 3.63) is 46.6 Å². The molecular weight excluding hydrogens is 382 g/mol. The van der Waals surface area contributed by atoms with Crippen molar-refractivity contribution in [2.24, 2.45) is 5.92 Å². The van der Waals surface area contributed by atoms with Gasteiger partial charge in [0.2, 0.25) is 0 Å². The molecule has 1 amide bonds. The third-order valence-electron chi connectivity index (χ3n) is 6.32. The Morgan fingerprint density at radius 2 is 2.13 bits per heavy atom. The number of aryl methyl sites for hydroxylation is 1. The molecule has 5 rings (SSSR count). The minimum Gasteiger partial charge on any atom is -0.477 e. The fraction of sp³-hybridized carbons (Fsp3) is 0.364. The molecule has 1 aliphatic heterocycles. The van der Waals surface area contributed by atoms with Gasteiger partial charge in [-0.2, -0.15) is 0 Å². The number of nitrogens with zero attached hydrogens (tertiary/aromatic N) is 4. The molecule has 0 saturated heterocycles. The van der Waals surface area contributed by atoms with Gasteiger partial charge < -0.3 is 15.7 Å². The summed E-state index contributed by atoms with van der Waals surface area (Å²) in [5, 5.41) is 13.5. The molecule has 0 unspecified atom stereocenters. The van der Waals surface area contributed by atoms with Gasteiger partial charge >= 0.3 is 5.97 Å². The van der Waals surface area contributed by atoms with Crippen LogP contribution < -0.4 is 5.73 Å². The number of benzene rings is 1. The van der Waals surface area contributed by atoms with Gasteiger partial charge in [0.1, 0.15) is 5.56 Å². The van der Waals surface area contributed by atoms with E-state index in [1.807, 2.05) is 24.0 Å². The minimum absolute atomic E-state index is 0.0642. The van der Waals surface area contributed by atoms with Crippen molar-refractivity contribution in [1.82, 2.24) is 19.5 Å². The number of carbonyl (C=O) groups excluding carboxylic acids is 1. The van der Waals surface area contributed by atoms with Crippen LogP contribution in [0.2, 0.25) is 0 Å². The lowest BCUT2D eigenvalue weighted by molar-refractivity contribution is 0.0689. The number of carboxylic acids is 1. The van der Waals surface area contributed by atoms with Gasteiger partial charge in [-0.25, -0.2) is 14.3 Å². The van der Waals surface area contributed by atoms with Gasteiger partial charge in [0.15, 0.2) is 11.5 Å². The Bertz CT molecular complexity index is 1210. The Kier molecular flexibility index (Phi) is 4.06. The highest BCUT2D eigenvalue weighted by atomic mass is 16.4. The molecule has 0 radical (unpaired) electrons. The zero-order valence-electron chi connectivity index (χ0n) is 16.9. The monoisotopic (exact) mass is 405 g/mol. The number of nitrogens with two attached hydrogens (primary N) is 1. The maximum absolute atomic E-state index is 13.1. The SMILES string of the molecule is CCc1cc(-c2ccn3nc(N)c(C(=O)O)c3n2)cc2c1C(=O)N([C@@H](C)C1CC1)C2. The predicted octanol–water partition coefficient (Wildman–Crippen LogP) is 2.99. The summed E-state index contributed by atoms with van der Waals surface area (Å²) >= 11 is 0. The first-order valence-corrected chi connectivity index (χ1v) is 10.2. The van der Waals surface area contributed by atoms with Crippen LogP contribution in [0, 0.1) is 5.92 Å². The summed E-state index contributed by atoms with van der Waals surface area (Å²) in [6.45, 7) is 4.78. The third-order valence-corrected chi connectivity index (χ3v) is 6.32. The Balaban J connectivity index is 1.60. The second-order valence-electron chi connectivity index (χ2n) is 8.18. The highest BCUT2D eigenvalue weighted by molar-refractivity contribution is 6.01. The summed E-state index contributed by atoms with van der Waals surface area (Å²) in [7, 11) is 0. The number of aromatic nitrogens is 3. The van der Waals surface area contributed by atoms with Gasteiger partial charge in [0.05, 0.1) is 5.69 Å². The summed E-state index contributed by atoms with van der Waals surface area (Å²) in [6.07, 6.45) is 4.77. The molecule has 154 valence electrons. The molecule has 8 nitrogen and oxygen atoms in total. The molecule has 3 N–H and O–H groups in total. The number of amides is 1. The Labute approximate surface area is 173 Å². The van der Waals surface area contributed by atoms with Crippen LogP contribution in [-0.2, 0) is 13.0 Å². The van der Waals surface area contributed by atoms with E-state index in [9.17, 15) is 14.7 Å². The lowest BCUT2D eigenvalue weighted by Gasteiger charge is -2.24. The van der Waals surface area contributed by atoms with Gasteiger partial charge in [-0.15, -0.1) is 5.10 Å². The van der Waals surface area contributed by atoms with Crippen molar-refractivity contribution in [2.75, 3.05) is 5.73 Å². The van der Waals surface area contributed by atoms with Gasteiger partial charge in [-0.1, -0.05) is 6.92 Å². The summed E-state index contributed by atoms with van der Waals surface area (Å²) in [5.74, 6) is -0.497. The molecule has 1 fully saturated rings. The first kappa shape index (κ1) is 18.6. The van der Waals surface area contributed by atoms with Gasteiger partial charge in [0.25, 0.3) is 5.91 Å². The minimum atomic E-state index is -1.16. The molecule has 1 aromatic carbocycles. The number of fused-ring (bicyclic) bond motifs is 2. The van der Waals surface area contributed by atoms with Crippen LogP contribution in [0.1, 0.15) is 58.5 Å². The lowest BCUT2D eigenvalue weighted by atomic mass is 9.96. The zero-order chi connectivity index (χ0) is 21.2. The van der Waals surface area contributed by atoms with Crippen molar-refractivity contribution >= 4 is 23.3 Å². The summed E-state index contributed by atoms with van der Waals surface area (Å²) in [6, 6.07) is 6.03. The second kappa shape index (κ2) is 6.55. The van der Waals surface area contributed by atoms with Crippen LogP contribution in [-0.4, -0.2) is 42.5 Å². The van der Waals surface area contributed by atoms with E-state index < -0.39 is 5.97 Å². The molecule has 3 aromatic rings. The van der Waals surface area contributed by atoms with Crippen molar-refractivity contribution < 1.29 is 14.7 Å². The first-order chi connectivity index (χ1) is 14.4. The highest BCUT2D eigenvalue weighted by Crippen LogP contribution is 2.40. The van der Waals surface area contributed by atoms with Gasteiger partial charge in [0, 0.05) is 29.9 Å². The smallest absolute Gasteiger partial charge is 0.343 e. The van der Waals surface area contributed by atoms with Crippen LogP contribution in [0.25, 0.3) is 16.9 Å². The molecule has 8 heteroatoms. The average Bonchev–Trinajstić information content (AvgIpc) is 3.44. The molecule has 0 spiro atoms. The summed E-state index contributed by atoms with van der Waals surface area (Å²) in [4.78, 5) is 31.2. The zero-order valence-corrected chi connectivity index (χ0v) is 16.9. The van der Waals surface area contributed by atoms with E-state index in [0.717, 1.165) is 28.7 Å². The normalized spacial score (nSPS) is 16.9. The number of aromatic carboxylic acids is 1. The molecule has 0 bridgehead atoms. The first-order valence-electron chi connectivity index (χ1n) is 10.2. The van der Waals surface area contributed by atoms with Gasteiger partial charge in [-0.3, -0.25) is 4.79 Å². The molecule has 1 atom stereocenters. The molecule has 2 aliphatic rings. The maximum Gasteiger partial charge on any atom is 0.343 e. The number of anilines is 1. The fourth-order valence-electron chi connectivity index (χ4n) is 4.47. The van der Waals surface area contributed by atoms with Crippen LogP contribution in [0.5, 0.6) is 0 Å². The van der Waals surface area contributed by atoms with E-state index in [2.05, 4.69) is 17.0 Å². The van der Waals surface area contributed by atoms with Crippen molar-refractivity contribution in [3.8, 4) is 11.3 Å². The number of hydrogen-bond acceptors (Lipinski definition) is 5. The molecule has 30 heavy (non-hydrogen) atoms. The molecule has 1 saturated carbocycles. The van der Waals surface area contributed by atoms with Crippen molar-refractivity contribution in [2.45, 2.75) is 45.7 Å². The Morgan fingerprint density at radius 3 is 2.80 bits per heavy atom.